The number of carbonyl (C=O) groups excluding carboxylic acids is 2. The van der Waals surface area contributed by atoms with Crippen molar-refractivity contribution in [3.8, 4) is 5.75 Å². The van der Waals surface area contributed by atoms with Crippen molar-refractivity contribution in [3.63, 3.8) is 0 Å². The Bertz CT molecular complexity index is 1220. The molecule has 0 saturated carbocycles. The first-order valence-electron chi connectivity index (χ1n) is 12.5. The molecule has 1 amide bonds. The number of likely N-dealkylation sites (N-methyl/N-ethyl adjacent to an activating group) is 1. The van der Waals surface area contributed by atoms with Gasteiger partial charge in [-0.05, 0) is 57.3 Å². The number of rotatable bonds is 5. The monoisotopic (exact) mass is 513 g/mol. The van der Waals surface area contributed by atoms with Crippen LogP contribution in [0.1, 0.15) is 50.2 Å². The number of fused-ring (bicyclic) bond motifs is 2. The summed E-state index contributed by atoms with van der Waals surface area (Å²) >= 11 is 0. The molecule has 0 aliphatic carbocycles. The smallest absolute Gasteiger partial charge is 0.313 e. The summed E-state index contributed by atoms with van der Waals surface area (Å²) < 4.78 is 24.3. The van der Waals surface area contributed by atoms with E-state index in [0.717, 1.165) is 5.39 Å². The Kier molecular flexibility index (Phi) is 9.39. The summed E-state index contributed by atoms with van der Waals surface area (Å²) in [6, 6.07) is 5.21. The Morgan fingerprint density at radius 1 is 1.27 bits per heavy atom. The van der Waals surface area contributed by atoms with E-state index >= 15 is 0 Å². The normalized spacial score (nSPS) is 20.7. The van der Waals surface area contributed by atoms with Crippen molar-refractivity contribution < 1.29 is 28.6 Å². The number of halogens is 1. The molecule has 0 radical (unpaired) electrons. The number of amides is 1. The number of hydrogen-bond acceptors (Lipinski definition) is 7. The lowest BCUT2D eigenvalue weighted by molar-refractivity contribution is -0.149. The average Bonchev–Trinajstić information content (AvgIpc) is 2.88. The molecule has 1 aromatic heterocycles. The fraction of sp³-hybridized carbons (Fsp3) is 0.464. The van der Waals surface area contributed by atoms with Crippen LogP contribution in [0.15, 0.2) is 35.4 Å². The quantitative estimate of drug-likeness (QED) is 0.594. The van der Waals surface area contributed by atoms with Crippen molar-refractivity contribution >= 4 is 28.9 Å². The Balaban J connectivity index is 0.00000186. The molecule has 0 fully saturated rings. The van der Waals surface area contributed by atoms with Crippen molar-refractivity contribution in [2.75, 3.05) is 41.0 Å². The van der Waals surface area contributed by atoms with Gasteiger partial charge in [-0.2, -0.15) is 0 Å². The number of aromatic nitrogens is 1. The second kappa shape index (κ2) is 12.3. The van der Waals surface area contributed by atoms with Crippen LogP contribution in [0, 0.1) is 5.92 Å². The lowest BCUT2D eigenvalue weighted by atomic mass is 9.89. The maximum absolute atomic E-state index is 13.6. The minimum atomic E-state index is -0.941. The van der Waals surface area contributed by atoms with Gasteiger partial charge in [0.2, 0.25) is 0 Å². The highest BCUT2D eigenvalue weighted by atomic mass is 19.1. The topological polar surface area (TPSA) is 92.2 Å². The predicted molar refractivity (Wildman–Crippen MR) is 140 cm³/mol. The van der Waals surface area contributed by atoms with Gasteiger partial charge in [-0.15, -0.1) is 0 Å². The van der Waals surface area contributed by atoms with Gasteiger partial charge in [-0.1, -0.05) is 19.9 Å². The molecule has 4 rings (SSSR count). The first-order valence-corrected chi connectivity index (χ1v) is 12.5. The van der Waals surface area contributed by atoms with Gasteiger partial charge < -0.3 is 24.4 Å². The van der Waals surface area contributed by atoms with Gasteiger partial charge in [0.15, 0.2) is 6.23 Å². The van der Waals surface area contributed by atoms with Crippen LogP contribution in [0.5, 0.6) is 5.75 Å². The van der Waals surface area contributed by atoms with E-state index in [0.29, 0.717) is 46.4 Å². The molecule has 2 atom stereocenters. The molecule has 0 saturated heterocycles. The zero-order valence-electron chi connectivity index (χ0n) is 22.4. The summed E-state index contributed by atoms with van der Waals surface area (Å²) in [5.41, 5.74) is 3.61. The highest BCUT2D eigenvalue weighted by Crippen LogP contribution is 2.36. The zero-order valence-corrected chi connectivity index (χ0v) is 22.4. The van der Waals surface area contributed by atoms with Gasteiger partial charge in [-0.25, -0.2) is 9.37 Å². The van der Waals surface area contributed by atoms with Crippen LogP contribution in [0.25, 0.3) is 17.0 Å². The van der Waals surface area contributed by atoms with E-state index in [1.54, 1.807) is 26.1 Å². The number of ether oxygens (including phenoxy) is 2. The molecule has 1 aromatic carbocycles. The summed E-state index contributed by atoms with van der Waals surface area (Å²) in [5, 5.41) is 11.3. The maximum Gasteiger partial charge on any atom is 0.313 e. The number of carbonyl (C=O) groups is 2. The van der Waals surface area contributed by atoms with Crippen molar-refractivity contribution in [3.05, 3.63) is 52.2 Å². The van der Waals surface area contributed by atoms with E-state index in [-0.39, 0.29) is 30.8 Å². The molecular formula is C28H36FN3O5. The summed E-state index contributed by atoms with van der Waals surface area (Å²) in [6.07, 6.45) is 3.15. The molecule has 200 valence electrons. The fourth-order valence-corrected chi connectivity index (χ4v) is 4.58. The van der Waals surface area contributed by atoms with E-state index in [1.165, 1.54) is 4.90 Å². The highest BCUT2D eigenvalue weighted by molar-refractivity contribution is 5.97. The Morgan fingerprint density at radius 3 is 2.68 bits per heavy atom. The second-order valence-electron chi connectivity index (χ2n) is 9.10. The van der Waals surface area contributed by atoms with E-state index in [4.69, 9.17) is 14.5 Å². The van der Waals surface area contributed by atoms with Crippen molar-refractivity contribution in [1.29, 1.82) is 0 Å². The first-order chi connectivity index (χ1) is 17.7. The van der Waals surface area contributed by atoms with Gasteiger partial charge in [0, 0.05) is 30.1 Å². The van der Waals surface area contributed by atoms with Crippen LogP contribution >= 0.6 is 0 Å². The summed E-state index contributed by atoms with van der Waals surface area (Å²) in [6.45, 7) is 5.14. The SMILES string of the molecule is CC.CC1C(=O)OCC2=C1C/C=C/c1nc3ccc(O)c(CN(C)C)c3cc1C(OCCF)N(C)C2=O. The molecule has 9 heteroatoms. The summed E-state index contributed by atoms with van der Waals surface area (Å²) in [4.78, 5) is 33.9. The van der Waals surface area contributed by atoms with Crippen molar-refractivity contribution in [2.24, 2.45) is 5.92 Å². The third-order valence-corrected chi connectivity index (χ3v) is 6.41. The standard InChI is InChI=1S/C26H30FN3O5.C2H6/c1-15-16-6-5-7-21-18(12-17-19(13-29(2)3)23(31)9-8-22(17)28-21)25(34-11-10-27)30(4)24(32)20(16)14-35-26(15)33;1-2/h5,7-9,12,15,25,31H,6,10-11,13-14H2,1-4H3;1-2H3/b7-5+;. The van der Waals surface area contributed by atoms with Gasteiger partial charge in [-0.3, -0.25) is 9.59 Å². The average molecular weight is 514 g/mol. The number of hydrogen-bond donors (Lipinski definition) is 1. The minimum Gasteiger partial charge on any atom is -0.508 e. The van der Waals surface area contributed by atoms with Crippen LogP contribution in [-0.4, -0.2) is 72.8 Å². The Hall–Kier alpha value is -3.30. The number of nitrogens with zero attached hydrogens (tertiary/aromatic N) is 3. The van der Waals surface area contributed by atoms with Crippen LogP contribution < -0.4 is 0 Å². The van der Waals surface area contributed by atoms with Gasteiger partial charge in [0.1, 0.15) is 19.0 Å². The Morgan fingerprint density at radius 2 is 2.00 bits per heavy atom. The number of benzene rings is 1. The molecule has 0 bridgehead atoms. The number of allylic oxidation sites excluding steroid dienone is 1. The van der Waals surface area contributed by atoms with E-state index in [1.807, 2.05) is 51.1 Å². The van der Waals surface area contributed by atoms with E-state index in [2.05, 4.69) is 0 Å². The highest BCUT2D eigenvalue weighted by Gasteiger charge is 2.35. The summed E-state index contributed by atoms with van der Waals surface area (Å²) in [5.74, 6) is -1.13. The van der Waals surface area contributed by atoms with Gasteiger partial charge in [0.05, 0.1) is 29.3 Å². The number of aromatic hydroxyl groups is 1. The van der Waals surface area contributed by atoms with Crippen LogP contribution in [0.3, 0.4) is 0 Å². The van der Waals surface area contributed by atoms with E-state index < -0.39 is 18.8 Å². The van der Waals surface area contributed by atoms with Crippen LogP contribution in [0.2, 0.25) is 0 Å². The minimum absolute atomic E-state index is 0.116. The first kappa shape index (κ1) is 28.3. The number of alkyl halides is 1. The predicted octanol–water partition coefficient (Wildman–Crippen LogP) is 4.38. The molecule has 1 N–H and O–H groups in total. The molecule has 8 nitrogen and oxygen atoms in total. The maximum atomic E-state index is 13.6. The molecular weight excluding hydrogens is 477 g/mol. The largest absolute Gasteiger partial charge is 0.508 e. The lowest BCUT2D eigenvalue weighted by Crippen LogP contribution is -2.39. The number of esters is 1. The molecule has 0 spiro atoms. The molecule has 2 aliphatic heterocycles. The second-order valence-corrected chi connectivity index (χ2v) is 9.10. The van der Waals surface area contributed by atoms with Crippen molar-refractivity contribution in [1.82, 2.24) is 14.8 Å². The van der Waals surface area contributed by atoms with E-state index in [9.17, 15) is 19.1 Å². The molecule has 3 heterocycles. The molecule has 37 heavy (non-hydrogen) atoms. The van der Waals surface area contributed by atoms with Crippen LogP contribution in [-0.2, 0) is 25.6 Å². The van der Waals surface area contributed by atoms with Gasteiger partial charge >= 0.3 is 5.97 Å². The van der Waals surface area contributed by atoms with Crippen molar-refractivity contribution in [2.45, 2.75) is 40.0 Å². The zero-order chi connectivity index (χ0) is 27.3. The Labute approximate surface area is 217 Å². The van der Waals surface area contributed by atoms with Gasteiger partial charge in [0.25, 0.3) is 5.91 Å². The number of cyclic esters (lactones) is 1. The third-order valence-electron chi connectivity index (χ3n) is 6.41. The number of pyridine rings is 1. The molecule has 2 aromatic rings. The molecule has 2 aliphatic rings. The third kappa shape index (κ3) is 5.83. The number of phenols is 1. The fourth-order valence-electron chi connectivity index (χ4n) is 4.58. The van der Waals surface area contributed by atoms with Crippen LogP contribution in [0.4, 0.5) is 4.39 Å². The lowest BCUT2D eigenvalue weighted by Gasteiger charge is -2.33. The molecule has 2 unspecified atom stereocenters. The summed E-state index contributed by atoms with van der Waals surface area (Å²) in [7, 11) is 5.39. The number of phenolic OH excluding ortho intramolecular Hbond substituents is 1.